The lowest BCUT2D eigenvalue weighted by Gasteiger charge is -2.34. The molecule has 3 heterocycles. The molecule has 8 heteroatoms. The van der Waals surface area contributed by atoms with Crippen molar-refractivity contribution in [1.82, 2.24) is 14.9 Å². The average Bonchev–Trinajstić information content (AvgIpc) is 2.68. The largest absolute Gasteiger partial charge is 0.366 e. The molecular weight excluding hydrogens is 346 g/mol. The lowest BCUT2D eigenvalue weighted by Crippen LogP contribution is -2.44. The number of nitrogens with zero attached hydrogens (tertiary/aromatic N) is 3. The van der Waals surface area contributed by atoms with Gasteiger partial charge in [0.05, 0.1) is 29.2 Å². The minimum absolute atomic E-state index is 0.153. The molecule has 1 aliphatic rings. The second-order valence-corrected chi connectivity index (χ2v) is 6.55. The highest BCUT2D eigenvalue weighted by molar-refractivity contribution is 6.39. The summed E-state index contributed by atoms with van der Waals surface area (Å²) in [5.74, 6) is -2.07. The van der Waals surface area contributed by atoms with Crippen molar-refractivity contribution in [2.24, 2.45) is 5.73 Å². The number of hydrogen-bond acceptors (Lipinski definition) is 5. The highest BCUT2D eigenvalue weighted by Crippen LogP contribution is 2.30. The molecule has 0 radical (unpaired) electrons. The summed E-state index contributed by atoms with van der Waals surface area (Å²) in [6, 6.07) is 4.99. The zero-order valence-electron chi connectivity index (χ0n) is 15.0. The number of piperidine rings is 1. The molecule has 2 aromatic heterocycles. The average molecular weight is 367 g/mol. The van der Waals surface area contributed by atoms with Gasteiger partial charge in [-0.15, -0.1) is 0 Å². The van der Waals surface area contributed by atoms with Crippen molar-refractivity contribution in [3.8, 4) is 0 Å². The molecule has 1 fully saturated rings. The summed E-state index contributed by atoms with van der Waals surface area (Å²) in [6.07, 6.45) is 6.97. The Morgan fingerprint density at radius 1 is 1.19 bits per heavy atom. The summed E-state index contributed by atoms with van der Waals surface area (Å²) in [5, 5.41) is 2.49. The Bertz CT molecular complexity index is 866. The maximum Gasteiger partial charge on any atom is 0.313 e. The molecule has 0 unspecified atom stereocenters. The molecule has 1 atom stereocenters. The van der Waals surface area contributed by atoms with E-state index in [9.17, 15) is 14.4 Å². The van der Waals surface area contributed by atoms with E-state index in [1.165, 1.54) is 18.5 Å². The zero-order valence-corrected chi connectivity index (χ0v) is 15.0. The highest BCUT2D eigenvalue weighted by Gasteiger charge is 2.32. The molecule has 27 heavy (non-hydrogen) atoms. The van der Waals surface area contributed by atoms with Gasteiger partial charge in [-0.2, -0.15) is 0 Å². The molecule has 0 saturated carbocycles. The summed E-state index contributed by atoms with van der Waals surface area (Å²) in [6.45, 7) is 2.44. The molecule has 0 bridgehead atoms. The van der Waals surface area contributed by atoms with Crippen molar-refractivity contribution in [3.05, 3.63) is 53.6 Å². The Kier molecular flexibility index (Phi) is 5.44. The van der Waals surface area contributed by atoms with Crippen molar-refractivity contribution in [2.45, 2.75) is 32.2 Å². The van der Waals surface area contributed by atoms with Crippen LogP contribution in [0.25, 0.3) is 0 Å². The minimum Gasteiger partial charge on any atom is -0.366 e. The van der Waals surface area contributed by atoms with Gasteiger partial charge in [0.1, 0.15) is 0 Å². The third kappa shape index (κ3) is 4.28. The van der Waals surface area contributed by atoms with Gasteiger partial charge in [0, 0.05) is 18.9 Å². The van der Waals surface area contributed by atoms with Crippen LogP contribution < -0.4 is 11.1 Å². The van der Waals surface area contributed by atoms with Gasteiger partial charge >= 0.3 is 11.8 Å². The number of aryl methyl sites for hydroxylation is 1. The van der Waals surface area contributed by atoms with Crippen LogP contribution in [-0.2, 0) is 9.59 Å². The van der Waals surface area contributed by atoms with Gasteiger partial charge in [0.15, 0.2) is 0 Å². The number of carbonyl (C=O) groups excluding carboxylic acids is 3. The maximum absolute atomic E-state index is 12.7. The van der Waals surface area contributed by atoms with Gasteiger partial charge in [-0.05, 0) is 43.9 Å². The first-order valence-electron chi connectivity index (χ1n) is 8.75. The molecule has 0 aromatic carbocycles. The summed E-state index contributed by atoms with van der Waals surface area (Å²) in [4.78, 5) is 46.3. The van der Waals surface area contributed by atoms with E-state index in [4.69, 9.17) is 5.73 Å². The van der Waals surface area contributed by atoms with Crippen LogP contribution in [0.15, 0.2) is 36.8 Å². The van der Waals surface area contributed by atoms with Gasteiger partial charge in [-0.3, -0.25) is 24.4 Å². The number of nitrogens with one attached hydrogen (secondary N) is 1. The number of anilines is 1. The number of likely N-dealkylation sites (tertiary alicyclic amines) is 1. The van der Waals surface area contributed by atoms with Crippen LogP contribution in [-0.4, -0.2) is 39.1 Å². The number of amides is 3. The summed E-state index contributed by atoms with van der Waals surface area (Å²) in [7, 11) is 0. The monoisotopic (exact) mass is 367 g/mol. The Labute approximate surface area is 156 Å². The summed E-state index contributed by atoms with van der Waals surface area (Å²) >= 11 is 0. The molecule has 3 N–H and O–H groups in total. The van der Waals surface area contributed by atoms with E-state index in [2.05, 4.69) is 15.3 Å². The van der Waals surface area contributed by atoms with Crippen LogP contribution in [0.5, 0.6) is 0 Å². The minimum atomic E-state index is -0.780. The predicted octanol–water partition coefficient (Wildman–Crippen LogP) is 1.58. The molecule has 2 aromatic rings. The standard InChI is InChI=1S/C19H21N5O3/c1-12-5-6-15(22-9-12)16-4-2-3-7-24(16)19(27)18(26)23-14-8-13(17(20)25)10-21-11-14/h5-6,8-11,16H,2-4,7H2,1H3,(H2,20,25)(H,23,26)/t16-/m1/s1. The molecular formula is C19H21N5O3. The van der Waals surface area contributed by atoms with Crippen LogP contribution in [0.4, 0.5) is 5.69 Å². The van der Waals surface area contributed by atoms with E-state index in [-0.39, 0.29) is 17.3 Å². The topological polar surface area (TPSA) is 118 Å². The second kappa shape index (κ2) is 7.94. The van der Waals surface area contributed by atoms with Gasteiger partial charge in [0.25, 0.3) is 0 Å². The van der Waals surface area contributed by atoms with E-state index >= 15 is 0 Å². The van der Waals surface area contributed by atoms with E-state index in [0.29, 0.717) is 6.54 Å². The van der Waals surface area contributed by atoms with Gasteiger partial charge in [-0.1, -0.05) is 6.07 Å². The first-order valence-corrected chi connectivity index (χ1v) is 8.75. The highest BCUT2D eigenvalue weighted by atomic mass is 16.2. The lowest BCUT2D eigenvalue weighted by atomic mass is 9.98. The van der Waals surface area contributed by atoms with Crippen LogP contribution in [0.1, 0.15) is 46.9 Å². The fourth-order valence-electron chi connectivity index (χ4n) is 3.12. The van der Waals surface area contributed by atoms with E-state index in [1.54, 1.807) is 11.1 Å². The normalized spacial score (nSPS) is 16.6. The molecule has 8 nitrogen and oxygen atoms in total. The SMILES string of the molecule is Cc1ccc([C@H]2CCCCN2C(=O)C(=O)Nc2cncc(C(N)=O)c2)nc1. The Hall–Kier alpha value is -3.29. The molecule has 140 valence electrons. The van der Waals surface area contributed by atoms with Gasteiger partial charge in [0.2, 0.25) is 5.91 Å². The quantitative estimate of drug-likeness (QED) is 0.799. The summed E-state index contributed by atoms with van der Waals surface area (Å²) in [5.41, 5.74) is 7.42. The van der Waals surface area contributed by atoms with Crippen LogP contribution >= 0.6 is 0 Å². The van der Waals surface area contributed by atoms with E-state index < -0.39 is 17.7 Å². The number of hydrogen-bond donors (Lipinski definition) is 2. The molecule has 3 amide bonds. The zero-order chi connectivity index (χ0) is 19.4. The van der Waals surface area contributed by atoms with Crippen molar-refractivity contribution in [3.63, 3.8) is 0 Å². The van der Waals surface area contributed by atoms with Gasteiger partial charge < -0.3 is 16.0 Å². The second-order valence-electron chi connectivity index (χ2n) is 6.55. The van der Waals surface area contributed by atoms with E-state index in [0.717, 1.165) is 30.5 Å². The third-order valence-corrected chi connectivity index (χ3v) is 4.51. The number of nitrogens with two attached hydrogens (primary N) is 1. The molecule has 1 saturated heterocycles. The first-order chi connectivity index (χ1) is 13.0. The van der Waals surface area contributed by atoms with Crippen molar-refractivity contribution >= 4 is 23.4 Å². The number of aromatic nitrogens is 2. The van der Waals surface area contributed by atoms with Crippen molar-refractivity contribution < 1.29 is 14.4 Å². The molecule has 1 aliphatic heterocycles. The Morgan fingerprint density at radius 2 is 2.00 bits per heavy atom. The lowest BCUT2D eigenvalue weighted by molar-refractivity contribution is -0.146. The van der Waals surface area contributed by atoms with E-state index in [1.807, 2.05) is 19.1 Å². The van der Waals surface area contributed by atoms with Crippen molar-refractivity contribution in [1.29, 1.82) is 0 Å². The number of primary amides is 1. The Morgan fingerprint density at radius 3 is 2.70 bits per heavy atom. The smallest absolute Gasteiger partial charge is 0.313 e. The molecule has 0 aliphatic carbocycles. The first kappa shape index (κ1) is 18.5. The van der Waals surface area contributed by atoms with Crippen LogP contribution in [0.2, 0.25) is 0 Å². The maximum atomic E-state index is 12.7. The fourth-order valence-corrected chi connectivity index (χ4v) is 3.12. The van der Waals surface area contributed by atoms with Crippen LogP contribution in [0.3, 0.4) is 0 Å². The molecule has 3 rings (SSSR count). The molecule has 0 spiro atoms. The summed E-state index contributed by atoms with van der Waals surface area (Å²) < 4.78 is 0. The third-order valence-electron chi connectivity index (χ3n) is 4.51. The number of carbonyl (C=O) groups is 3. The fraction of sp³-hybridized carbons (Fsp3) is 0.316. The Balaban J connectivity index is 1.76. The van der Waals surface area contributed by atoms with Crippen molar-refractivity contribution in [2.75, 3.05) is 11.9 Å². The van der Waals surface area contributed by atoms with Gasteiger partial charge in [-0.25, -0.2) is 0 Å². The number of rotatable bonds is 3. The van der Waals surface area contributed by atoms with Crippen LogP contribution in [0, 0.1) is 6.92 Å². The number of pyridine rings is 2. The predicted molar refractivity (Wildman–Crippen MR) is 98.7 cm³/mol.